The lowest BCUT2D eigenvalue weighted by atomic mass is 10.0. The monoisotopic (exact) mass is 374 g/mol. The third-order valence-electron chi connectivity index (χ3n) is 5.00. The van der Waals surface area contributed by atoms with Crippen LogP contribution in [0.4, 0.5) is 5.69 Å². The number of amides is 2. The highest BCUT2D eigenvalue weighted by Crippen LogP contribution is 2.17. The van der Waals surface area contributed by atoms with E-state index in [1.54, 1.807) is 0 Å². The standard InChI is InChI=1S/C21H34N4O2/c1-16(2)20(23-18(4)26)21(27)22-9-6-10-24-11-13-25(14-12-24)19-8-5-7-17(3)15-19/h5,7-8,15-16,20H,6,9-14H2,1-4H3,(H,22,27)(H,23,26). The predicted octanol–water partition coefficient (Wildman–Crippen LogP) is 1.78. The van der Waals surface area contributed by atoms with Gasteiger partial charge in [-0.1, -0.05) is 26.0 Å². The largest absolute Gasteiger partial charge is 0.369 e. The normalized spacial score (nSPS) is 16.3. The number of hydrogen-bond acceptors (Lipinski definition) is 4. The molecule has 1 fully saturated rings. The number of carbonyl (C=O) groups is 2. The molecule has 1 heterocycles. The van der Waals surface area contributed by atoms with Gasteiger partial charge in [0.05, 0.1) is 0 Å². The number of carbonyl (C=O) groups excluding carboxylic acids is 2. The van der Waals surface area contributed by atoms with Gasteiger partial charge >= 0.3 is 0 Å². The second-order valence-corrected chi connectivity index (χ2v) is 7.73. The number of aryl methyl sites for hydroxylation is 1. The molecule has 0 aromatic heterocycles. The van der Waals surface area contributed by atoms with Gasteiger partial charge in [-0.25, -0.2) is 0 Å². The molecule has 0 bridgehead atoms. The average Bonchev–Trinajstić information content (AvgIpc) is 2.63. The van der Waals surface area contributed by atoms with Crippen molar-refractivity contribution < 1.29 is 9.59 Å². The van der Waals surface area contributed by atoms with Crippen molar-refractivity contribution in [1.29, 1.82) is 0 Å². The fraction of sp³-hybridized carbons (Fsp3) is 0.619. The second kappa shape index (κ2) is 10.3. The topological polar surface area (TPSA) is 64.7 Å². The molecule has 0 radical (unpaired) electrons. The molecule has 1 saturated heterocycles. The number of hydrogen-bond donors (Lipinski definition) is 2. The SMILES string of the molecule is CC(=O)NC(C(=O)NCCCN1CCN(c2cccc(C)c2)CC1)C(C)C. The van der Waals surface area contributed by atoms with Crippen LogP contribution >= 0.6 is 0 Å². The summed E-state index contributed by atoms with van der Waals surface area (Å²) in [5.74, 6) is -0.191. The Morgan fingerprint density at radius 1 is 1.15 bits per heavy atom. The molecule has 0 saturated carbocycles. The Bertz CT molecular complexity index is 624. The van der Waals surface area contributed by atoms with Crippen molar-refractivity contribution in [3.05, 3.63) is 29.8 Å². The van der Waals surface area contributed by atoms with Gasteiger partial charge in [-0.05, 0) is 43.5 Å². The maximum atomic E-state index is 12.3. The van der Waals surface area contributed by atoms with E-state index in [0.29, 0.717) is 6.54 Å². The quantitative estimate of drug-likeness (QED) is 0.681. The van der Waals surface area contributed by atoms with Gasteiger partial charge in [0.2, 0.25) is 11.8 Å². The minimum absolute atomic E-state index is 0.0728. The van der Waals surface area contributed by atoms with Crippen LogP contribution in [-0.2, 0) is 9.59 Å². The molecule has 1 aromatic rings. The van der Waals surface area contributed by atoms with Crippen molar-refractivity contribution >= 4 is 17.5 Å². The molecule has 6 heteroatoms. The molecule has 27 heavy (non-hydrogen) atoms. The molecule has 2 rings (SSSR count). The van der Waals surface area contributed by atoms with Crippen molar-refractivity contribution in [2.75, 3.05) is 44.2 Å². The zero-order chi connectivity index (χ0) is 19.8. The van der Waals surface area contributed by atoms with Crippen LogP contribution in [0.3, 0.4) is 0 Å². The van der Waals surface area contributed by atoms with Crippen LogP contribution in [0.15, 0.2) is 24.3 Å². The van der Waals surface area contributed by atoms with Crippen LogP contribution in [0.5, 0.6) is 0 Å². The zero-order valence-electron chi connectivity index (χ0n) is 17.1. The molecule has 1 aromatic carbocycles. The number of nitrogens with one attached hydrogen (secondary N) is 2. The van der Waals surface area contributed by atoms with E-state index >= 15 is 0 Å². The Morgan fingerprint density at radius 2 is 1.85 bits per heavy atom. The Hall–Kier alpha value is -2.08. The van der Waals surface area contributed by atoms with E-state index < -0.39 is 6.04 Å². The van der Waals surface area contributed by atoms with Crippen molar-refractivity contribution in [1.82, 2.24) is 15.5 Å². The van der Waals surface area contributed by atoms with E-state index in [1.807, 2.05) is 13.8 Å². The van der Waals surface area contributed by atoms with Crippen molar-refractivity contribution in [2.24, 2.45) is 5.92 Å². The third-order valence-corrected chi connectivity index (χ3v) is 5.00. The number of benzene rings is 1. The van der Waals surface area contributed by atoms with Gasteiger partial charge in [0.15, 0.2) is 0 Å². The second-order valence-electron chi connectivity index (χ2n) is 7.73. The molecule has 2 amide bonds. The fourth-order valence-corrected chi connectivity index (χ4v) is 3.43. The summed E-state index contributed by atoms with van der Waals surface area (Å²) in [4.78, 5) is 28.4. The first kappa shape index (κ1) is 21.2. The van der Waals surface area contributed by atoms with E-state index in [0.717, 1.165) is 39.1 Å². The Morgan fingerprint density at radius 3 is 2.44 bits per heavy atom. The summed E-state index contributed by atoms with van der Waals surface area (Å²) in [6, 6.07) is 8.21. The van der Waals surface area contributed by atoms with Crippen LogP contribution in [0.25, 0.3) is 0 Å². The number of piperazine rings is 1. The molecule has 150 valence electrons. The van der Waals surface area contributed by atoms with Crippen molar-refractivity contribution in [3.63, 3.8) is 0 Å². The predicted molar refractivity (Wildman–Crippen MR) is 110 cm³/mol. The minimum atomic E-state index is -0.458. The number of nitrogens with zero attached hydrogens (tertiary/aromatic N) is 2. The first-order valence-corrected chi connectivity index (χ1v) is 9.95. The lowest BCUT2D eigenvalue weighted by Gasteiger charge is -2.36. The van der Waals surface area contributed by atoms with E-state index in [2.05, 4.69) is 51.6 Å². The minimum Gasteiger partial charge on any atom is -0.369 e. The lowest BCUT2D eigenvalue weighted by Crippen LogP contribution is -2.50. The Kier molecular flexibility index (Phi) is 8.10. The summed E-state index contributed by atoms with van der Waals surface area (Å²) in [7, 11) is 0. The van der Waals surface area contributed by atoms with Crippen LogP contribution in [0, 0.1) is 12.8 Å². The summed E-state index contributed by atoms with van der Waals surface area (Å²) in [5, 5.41) is 5.69. The molecule has 1 aliphatic rings. The maximum Gasteiger partial charge on any atom is 0.242 e. The van der Waals surface area contributed by atoms with Crippen LogP contribution in [0.2, 0.25) is 0 Å². The summed E-state index contributed by atoms with van der Waals surface area (Å²) in [6.45, 7) is 13.2. The molecule has 1 atom stereocenters. The van der Waals surface area contributed by atoms with Crippen molar-refractivity contribution in [3.8, 4) is 0 Å². The van der Waals surface area contributed by atoms with Crippen LogP contribution in [-0.4, -0.2) is 62.0 Å². The smallest absolute Gasteiger partial charge is 0.242 e. The van der Waals surface area contributed by atoms with E-state index in [4.69, 9.17) is 0 Å². The lowest BCUT2D eigenvalue weighted by molar-refractivity contribution is -0.129. The van der Waals surface area contributed by atoms with Crippen molar-refractivity contribution in [2.45, 2.75) is 40.2 Å². The number of rotatable bonds is 8. The first-order chi connectivity index (χ1) is 12.9. The van der Waals surface area contributed by atoms with Gasteiger partial charge in [-0.3, -0.25) is 14.5 Å². The van der Waals surface area contributed by atoms with E-state index in [9.17, 15) is 9.59 Å². The summed E-state index contributed by atoms with van der Waals surface area (Å²) in [5.41, 5.74) is 2.60. The fourth-order valence-electron chi connectivity index (χ4n) is 3.43. The van der Waals surface area contributed by atoms with Gasteiger partial charge < -0.3 is 15.5 Å². The third kappa shape index (κ3) is 6.86. The molecular weight excluding hydrogens is 340 g/mol. The van der Waals surface area contributed by atoms with Gasteiger partial charge in [0, 0.05) is 45.3 Å². The summed E-state index contributed by atoms with van der Waals surface area (Å²) in [6.07, 6.45) is 0.918. The molecule has 0 aliphatic carbocycles. The average molecular weight is 375 g/mol. The Balaban J connectivity index is 1.67. The Labute approximate surface area is 163 Å². The van der Waals surface area contributed by atoms with Gasteiger partial charge in [0.25, 0.3) is 0 Å². The molecule has 6 nitrogen and oxygen atoms in total. The van der Waals surface area contributed by atoms with Gasteiger partial charge in [-0.2, -0.15) is 0 Å². The van der Waals surface area contributed by atoms with Gasteiger partial charge in [-0.15, -0.1) is 0 Å². The maximum absolute atomic E-state index is 12.3. The molecular formula is C21H34N4O2. The highest BCUT2D eigenvalue weighted by Gasteiger charge is 2.22. The van der Waals surface area contributed by atoms with E-state index in [1.165, 1.54) is 18.2 Å². The highest BCUT2D eigenvalue weighted by molar-refractivity contribution is 5.86. The summed E-state index contributed by atoms with van der Waals surface area (Å²) >= 11 is 0. The highest BCUT2D eigenvalue weighted by atomic mass is 16.2. The first-order valence-electron chi connectivity index (χ1n) is 9.95. The molecule has 2 N–H and O–H groups in total. The molecule has 1 aliphatic heterocycles. The van der Waals surface area contributed by atoms with Crippen LogP contribution in [0.1, 0.15) is 32.8 Å². The summed E-state index contributed by atoms with van der Waals surface area (Å²) < 4.78 is 0. The number of anilines is 1. The van der Waals surface area contributed by atoms with E-state index in [-0.39, 0.29) is 17.7 Å². The zero-order valence-corrected chi connectivity index (χ0v) is 17.1. The molecule has 1 unspecified atom stereocenters. The van der Waals surface area contributed by atoms with Crippen LogP contribution < -0.4 is 15.5 Å². The van der Waals surface area contributed by atoms with Gasteiger partial charge in [0.1, 0.15) is 6.04 Å². The molecule has 0 spiro atoms.